The zero-order valence-electron chi connectivity index (χ0n) is 16.3. The van der Waals surface area contributed by atoms with Gasteiger partial charge in [0.15, 0.2) is 0 Å². The summed E-state index contributed by atoms with van der Waals surface area (Å²) in [4.78, 5) is 26.6. The van der Waals surface area contributed by atoms with E-state index in [1.165, 1.54) is 0 Å². The second kappa shape index (κ2) is 10.4. The van der Waals surface area contributed by atoms with Gasteiger partial charge in [-0.15, -0.1) is 0 Å². The first kappa shape index (κ1) is 20.5. The predicted octanol–water partition coefficient (Wildman–Crippen LogP) is 3.54. The second-order valence-electron chi connectivity index (χ2n) is 6.52. The third-order valence-corrected chi connectivity index (χ3v) is 4.40. The lowest BCUT2D eigenvalue weighted by Gasteiger charge is -2.17. The quantitative estimate of drug-likeness (QED) is 0.736. The Bertz CT molecular complexity index is 774. The molecule has 0 bridgehead atoms. The predicted molar refractivity (Wildman–Crippen MR) is 107 cm³/mol. The van der Waals surface area contributed by atoms with Gasteiger partial charge < -0.3 is 15.0 Å². The highest BCUT2D eigenvalue weighted by atomic mass is 16.5. The van der Waals surface area contributed by atoms with Crippen molar-refractivity contribution in [2.75, 3.05) is 27.2 Å². The zero-order chi connectivity index (χ0) is 19.6. The van der Waals surface area contributed by atoms with E-state index < -0.39 is 0 Å². The van der Waals surface area contributed by atoms with Crippen molar-refractivity contribution in [3.8, 4) is 5.75 Å². The molecule has 144 valence electrons. The Morgan fingerprint density at radius 1 is 1.07 bits per heavy atom. The van der Waals surface area contributed by atoms with E-state index in [1.54, 1.807) is 43.3 Å². The van der Waals surface area contributed by atoms with Crippen molar-refractivity contribution in [1.82, 2.24) is 10.2 Å². The zero-order valence-corrected chi connectivity index (χ0v) is 16.3. The molecule has 27 heavy (non-hydrogen) atoms. The molecule has 2 rings (SSSR count). The number of rotatable bonds is 9. The molecule has 0 unspecified atom stereocenters. The Hall–Kier alpha value is -2.82. The van der Waals surface area contributed by atoms with E-state index in [4.69, 9.17) is 4.74 Å². The van der Waals surface area contributed by atoms with E-state index in [-0.39, 0.29) is 11.8 Å². The van der Waals surface area contributed by atoms with Crippen molar-refractivity contribution >= 4 is 11.8 Å². The van der Waals surface area contributed by atoms with Crippen LogP contribution in [0, 0.1) is 0 Å². The number of amides is 2. The van der Waals surface area contributed by atoms with Gasteiger partial charge in [0.05, 0.1) is 7.11 Å². The van der Waals surface area contributed by atoms with Crippen LogP contribution in [0.15, 0.2) is 48.5 Å². The Morgan fingerprint density at radius 3 is 2.56 bits per heavy atom. The molecule has 2 amide bonds. The number of hydrogen-bond acceptors (Lipinski definition) is 3. The molecule has 0 aliphatic carbocycles. The van der Waals surface area contributed by atoms with Gasteiger partial charge >= 0.3 is 0 Å². The van der Waals surface area contributed by atoms with Gasteiger partial charge in [0.1, 0.15) is 5.75 Å². The molecule has 0 saturated heterocycles. The van der Waals surface area contributed by atoms with E-state index in [9.17, 15) is 9.59 Å². The van der Waals surface area contributed by atoms with Crippen LogP contribution >= 0.6 is 0 Å². The summed E-state index contributed by atoms with van der Waals surface area (Å²) < 4.78 is 5.21. The molecule has 0 atom stereocenters. The minimum Gasteiger partial charge on any atom is -0.497 e. The Labute approximate surface area is 161 Å². The minimum absolute atomic E-state index is 0.0607. The molecule has 5 heteroatoms. The molecule has 0 aliphatic rings. The molecule has 0 spiro atoms. The van der Waals surface area contributed by atoms with Crippen LogP contribution in [-0.4, -0.2) is 44.0 Å². The molecule has 0 aliphatic heterocycles. The molecule has 0 aromatic heterocycles. The maximum absolute atomic E-state index is 12.5. The fourth-order valence-electron chi connectivity index (χ4n) is 2.76. The van der Waals surface area contributed by atoms with Crippen LogP contribution in [0.2, 0.25) is 0 Å². The SMILES string of the molecule is CCCCN(C)C(=O)c1cccc(C(=O)NCCc2cccc(OC)c2)c1. The molecule has 0 saturated carbocycles. The summed E-state index contributed by atoms with van der Waals surface area (Å²) in [5.41, 5.74) is 2.13. The van der Waals surface area contributed by atoms with Gasteiger partial charge in [-0.05, 0) is 48.7 Å². The van der Waals surface area contributed by atoms with Gasteiger partial charge in [-0.25, -0.2) is 0 Å². The average molecular weight is 368 g/mol. The van der Waals surface area contributed by atoms with E-state index in [1.807, 2.05) is 24.3 Å². The highest BCUT2D eigenvalue weighted by Gasteiger charge is 2.13. The van der Waals surface area contributed by atoms with Gasteiger partial charge in [-0.3, -0.25) is 9.59 Å². The topological polar surface area (TPSA) is 58.6 Å². The number of nitrogens with zero attached hydrogens (tertiary/aromatic N) is 1. The van der Waals surface area contributed by atoms with Gasteiger partial charge in [-0.1, -0.05) is 31.5 Å². The molecule has 5 nitrogen and oxygen atoms in total. The van der Waals surface area contributed by atoms with Crippen LogP contribution in [0.25, 0.3) is 0 Å². The van der Waals surface area contributed by atoms with E-state index in [0.717, 1.165) is 24.2 Å². The molecule has 0 heterocycles. The fourth-order valence-corrected chi connectivity index (χ4v) is 2.76. The largest absolute Gasteiger partial charge is 0.497 e. The molecule has 2 aromatic rings. The summed E-state index contributed by atoms with van der Waals surface area (Å²) in [6, 6.07) is 14.7. The third kappa shape index (κ3) is 6.13. The normalized spacial score (nSPS) is 10.3. The maximum Gasteiger partial charge on any atom is 0.253 e. The van der Waals surface area contributed by atoms with Crippen LogP contribution in [-0.2, 0) is 6.42 Å². The van der Waals surface area contributed by atoms with Crippen LogP contribution in [0.4, 0.5) is 0 Å². The lowest BCUT2D eigenvalue weighted by Crippen LogP contribution is -2.29. The molecule has 1 N–H and O–H groups in total. The second-order valence-corrected chi connectivity index (χ2v) is 6.52. The van der Waals surface area contributed by atoms with Crippen LogP contribution in [0.5, 0.6) is 5.75 Å². The number of unbranched alkanes of at least 4 members (excludes halogenated alkanes) is 1. The summed E-state index contributed by atoms with van der Waals surface area (Å²) >= 11 is 0. The first-order chi connectivity index (χ1) is 13.0. The molecular formula is C22H28N2O3. The lowest BCUT2D eigenvalue weighted by molar-refractivity contribution is 0.0793. The highest BCUT2D eigenvalue weighted by molar-refractivity contribution is 5.99. The lowest BCUT2D eigenvalue weighted by atomic mass is 10.1. The van der Waals surface area contributed by atoms with Crippen LogP contribution in [0.1, 0.15) is 46.0 Å². The maximum atomic E-state index is 12.5. The summed E-state index contributed by atoms with van der Waals surface area (Å²) in [7, 11) is 3.42. The van der Waals surface area contributed by atoms with E-state index >= 15 is 0 Å². The van der Waals surface area contributed by atoms with E-state index in [2.05, 4.69) is 12.2 Å². The average Bonchev–Trinajstić information content (AvgIpc) is 2.71. The number of methoxy groups -OCH3 is 1. The molecular weight excluding hydrogens is 340 g/mol. The van der Waals surface area contributed by atoms with Gasteiger partial charge in [0.2, 0.25) is 0 Å². The number of carbonyl (C=O) groups is 2. The number of ether oxygens (including phenoxy) is 1. The number of benzene rings is 2. The summed E-state index contributed by atoms with van der Waals surface area (Å²) in [6.45, 7) is 3.32. The Kier molecular flexibility index (Phi) is 7.86. The van der Waals surface area contributed by atoms with Gasteiger partial charge in [-0.2, -0.15) is 0 Å². The van der Waals surface area contributed by atoms with Crippen molar-refractivity contribution in [2.24, 2.45) is 0 Å². The van der Waals surface area contributed by atoms with Crippen LogP contribution < -0.4 is 10.1 Å². The summed E-state index contributed by atoms with van der Waals surface area (Å²) in [5, 5.41) is 2.91. The van der Waals surface area contributed by atoms with Crippen molar-refractivity contribution in [3.05, 3.63) is 65.2 Å². The van der Waals surface area contributed by atoms with Crippen molar-refractivity contribution in [2.45, 2.75) is 26.2 Å². The first-order valence-corrected chi connectivity index (χ1v) is 9.31. The Morgan fingerprint density at radius 2 is 1.81 bits per heavy atom. The summed E-state index contributed by atoms with van der Waals surface area (Å²) in [6.07, 6.45) is 2.71. The van der Waals surface area contributed by atoms with Gasteiger partial charge in [0.25, 0.3) is 11.8 Å². The molecule has 2 aromatic carbocycles. The van der Waals surface area contributed by atoms with E-state index in [0.29, 0.717) is 30.6 Å². The Balaban J connectivity index is 1.93. The monoisotopic (exact) mass is 368 g/mol. The summed E-state index contributed by atoms with van der Waals surface area (Å²) in [5.74, 6) is 0.565. The molecule has 0 radical (unpaired) electrons. The standard InChI is InChI=1S/C22H28N2O3/c1-4-5-14-24(2)22(26)19-10-7-9-18(16-19)21(25)23-13-12-17-8-6-11-20(15-17)27-3/h6-11,15-16H,4-5,12-14H2,1-3H3,(H,23,25). The smallest absolute Gasteiger partial charge is 0.253 e. The first-order valence-electron chi connectivity index (χ1n) is 9.31. The fraction of sp³-hybridized carbons (Fsp3) is 0.364. The van der Waals surface area contributed by atoms with Crippen LogP contribution in [0.3, 0.4) is 0 Å². The highest BCUT2D eigenvalue weighted by Crippen LogP contribution is 2.13. The van der Waals surface area contributed by atoms with Crippen molar-refractivity contribution in [3.63, 3.8) is 0 Å². The molecule has 0 fully saturated rings. The number of hydrogen-bond donors (Lipinski definition) is 1. The van der Waals surface area contributed by atoms with Gasteiger partial charge in [0, 0.05) is 31.3 Å². The number of carbonyl (C=O) groups excluding carboxylic acids is 2. The van der Waals surface area contributed by atoms with Crippen molar-refractivity contribution < 1.29 is 14.3 Å². The minimum atomic E-state index is -0.177. The number of nitrogens with one attached hydrogen (secondary N) is 1. The third-order valence-electron chi connectivity index (χ3n) is 4.40. The van der Waals surface area contributed by atoms with Crippen molar-refractivity contribution in [1.29, 1.82) is 0 Å².